The minimum absolute atomic E-state index is 0.371. The summed E-state index contributed by atoms with van der Waals surface area (Å²) in [6, 6.07) is 8.59. The molecule has 0 spiro atoms. The lowest BCUT2D eigenvalue weighted by molar-refractivity contribution is -0.00255. The van der Waals surface area contributed by atoms with Gasteiger partial charge in [0, 0.05) is 6.54 Å². The summed E-state index contributed by atoms with van der Waals surface area (Å²) in [4.78, 5) is 23.1. The van der Waals surface area contributed by atoms with Gasteiger partial charge in [-0.1, -0.05) is 37.5 Å². The molecule has 0 aliphatic heterocycles. The van der Waals surface area contributed by atoms with Gasteiger partial charge in [-0.25, -0.2) is 9.59 Å². The molecule has 21 heavy (non-hydrogen) atoms. The monoisotopic (exact) mass is 291 g/mol. The average molecular weight is 291 g/mol. The number of hydrogen-bond acceptors (Lipinski definition) is 4. The first kappa shape index (κ1) is 15.4. The maximum absolute atomic E-state index is 11.6. The van der Waals surface area contributed by atoms with Gasteiger partial charge in [0.15, 0.2) is 0 Å². The maximum Gasteiger partial charge on any atom is 0.410 e. The zero-order valence-corrected chi connectivity index (χ0v) is 12.0. The molecule has 2 rings (SSSR count). The third-order valence-corrected chi connectivity index (χ3v) is 3.65. The van der Waals surface area contributed by atoms with E-state index < -0.39 is 12.1 Å². The van der Waals surface area contributed by atoms with E-state index >= 15 is 0 Å². The third-order valence-electron chi connectivity index (χ3n) is 3.65. The van der Waals surface area contributed by atoms with Crippen LogP contribution < -0.4 is 5.32 Å². The SMILES string of the molecule is O=C(NCC1CCCCC1)OCOC(=O)c1ccccc1. The summed E-state index contributed by atoms with van der Waals surface area (Å²) in [6.07, 6.45) is 5.52. The number of amides is 1. The van der Waals surface area contributed by atoms with Crippen molar-refractivity contribution in [1.82, 2.24) is 5.32 Å². The van der Waals surface area contributed by atoms with E-state index in [-0.39, 0.29) is 6.79 Å². The van der Waals surface area contributed by atoms with Gasteiger partial charge in [-0.2, -0.15) is 0 Å². The summed E-state index contributed by atoms with van der Waals surface area (Å²) in [7, 11) is 0. The zero-order chi connectivity index (χ0) is 14.9. The molecule has 1 aliphatic carbocycles. The second-order valence-corrected chi connectivity index (χ2v) is 5.23. The lowest BCUT2D eigenvalue weighted by Gasteiger charge is -2.21. The average Bonchev–Trinajstić information content (AvgIpc) is 2.54. The molecule has 1 aliphatic rings. The van der Waals surface area contributed by atoms with Gasteiger partial charge in [0.2, 0.25) is 6.79 Å². The zero-order valence-electron chi connectivity index (χ0n) is 12.0. The summed E-state index contributed by atoms with van der Waals surface area (Å²) in [5.74, 6) is 0.0360. The van der Waals surface area contributed by atoms with Gasteiger partial charge in [0.05, 0.1) is 5.56 Å². The topological polar surface area (TPSA) is 64.6 Å². The Hall–Kier alpha value is -2.04. The molecule has 1 aromatic rings. The Labute approximate surface area is 124 Å². The quantitative estimate of drug-likeness (QED) is 0.668. The van der Waals surface area contributed by atoms with Gasteiger partial charge in [0.1, 0.15) is 0 Å². The fourth-order valence-corrected chi connectivity index (χ4v) is 2.46. The van der Waals surface area contributed by atoms with Crippen LogP contribution in [0.2, 0.25) is 0 Å². The number of ether oxygens (including phenoxy) is 2. The molecule has 0 heterocycles. The van der Waals surface area contributed by atoms with E-state index in [1.54, 1.807) is 24.3 Å². The van der Waals surface area contributed by atoms with Crippen LogP contribution in [0, 0.1) is 5.92 Å². The molecule has 1 aromatic carbocycles. The highest BCUT2D eigenvalue weighted by Crippen LogP contribution is 2.22. The molecular formula is C16H21NO4. The summed E-state index contributed by atoms with van der Waals surface area (Å²) in [6.45, 7) is 0.260. The van der Waals surface area contributed by atoms with Crippen molar-refractivity contribution in [3.05, 3.63) is 35.9 Å². The summed E-state index contributed by atoms with van der Waals surface area (Å²) in [5, 5.41) is 2.71. The number of esters is 1. The Morgan fingerprint density at radius 3 is 2.48 bits per heavy atom. The fourth-order valence-electron chi connectivity index (χ4n) is 2.46. The van der Waals surface area contributed by atoms with Crippen LogP contribution in [-0.2, 0) is 9.47 Å². The van der Waals surface area contributed by atoms with Gasteiger partial charge in [-0.05, 0) is 30.9 Å². The first-order valence-corrected chi connectivity index (χ1v) is 7.38. The van der Waals surface area contributed by atoms with E-state index in [0.29, 0.717) is 18.0 Å². The van der Waals surface area contributed by atoms with E-state index in [1.807, 2.05) is 6.07 Å². The lowest BCUT2D eigenvalue weighted by atomic mass is 9.89. The summed E-state index contributed by atoms with van der Waals surface area (Å²) >= 11 is 0. The van der Waals surface area contributed by atoms with Gasteiger partial charge >= 0.3 is 12.1 Å². The highest BCUT2D eigenvalue weighted by Gasteiger charge is 2.15. The van der Waals surface area contributed by atoms with Crippen molar-refractivity contribution < 1.29 is 19.1 Å². The molecule has 0 unspecified atom stereocenters. The van der Waals surface area contributed by atoms with Crippen molar-refractivity contribution in [1.29, 1.82) is 0 Å². The van der Waals surface area contributed by atoms with Crippen LogP contribution in [0.25, 0.3) is 0 Å². The molecular weight excluding hydrogens is 270 g/mol. The van der Waals surface area contributed by atoms with Gasteiger partial charge < -0.3 is 14.8 Å². The normalized spacial score (nSPS) is 15.2. The predicted octanol–water partition coefficient (Wildman–Crippen LogP) is 3.11. The smallest absolute Gasteiger partial charge is 0.410 e. The molecule has 114 valence electrons. The molecule has 1 fully saturated rings. The van der Waals surface area contributed by atoms with Gasteiger partial charge in [-0.15, -0.1) is 0 Å². The Morgan fingerprint density at radius 2 is 1.76 bits per heavy atom. The van der Waals surface area contributed by atoms with Gasteiger partial charge in [0.25, 0.3) is 0 Å². The number of carbonyl (C=O) groups is 2. The van der Waals surface area contributed by atoms with E-state index in [0.717, 1.165) is 12.8 Å². The number of hydrogen-bond donors (Lipinski definition) is 1. The Morgan fingerprint density at radius 1 is 1.05 bits per heavy atom. The van der Waals surface area contributed by atoms with E-state index in [9.17, 15) is 9.59 Å². The van der Waals surface area contributed by atoms with Crippen LogP contribution in [0.1, 0.15) is 42.5 Å². The van der Waals surface area contributed by atoms with Crippen LogP contribution in [0.3, 0.4) is 0 Å². The van der Waals surface area contributed by atoms with Crippen molar-refractivity contribution in [2.75, 3.05) is 13.3 Å². The highest BCUT2D eigenvalue weighted by atomic mass is 16.7. The number of alkyl carbamates (subject to hydrolysis) is 1. The first-order chi connectivity index (χ1) is 10.3. The minimum atomic E-state index is -0.540. The number of benzene rings is 1. The van der Waals surface area contributed by atoms with E-state index in [1.165, 1.54) is 19.3 Å². The molecule has 0 saturated heterocycles. The Balaban J connectivity index is 1.59. The van der Waals surface area contributed by atoms with Crippen molar-refractivity contribution in [3.8, 4) is 0 Å². The Bertz CT molecular complexity index is 455. The van der Waals surface area contributed by atoms with E-state index in [2.05, 4.69) is 5.32 Å². The molecule has 0 aromatic heterocycles. The lowest BCUT2D eigenvalue weighted by Crippen LogP contribution is -2.31. The van der Waals surface area contributed by atoms with Crippen LogP contribution in [0.15, 0.2) is 30.3 Å². The standard InChI is InChI=1S/C16H21NO4/c18-15(14-9-5-2-6-10-14)20-12-21-16(19)17-11-13-7-3-1-4-8-13/h2,5-6,9-10,13H,1,3-4,7-8,11-12H2,(H,17,19). The second-order valence-electron chi connectivity index (χ2n) is 5.23. The number of nitrogens with one attached hydrogen (secondary N) is 1. The maximum atomic E-state index is 11.6. The van der Waals surface area contributed by atoms with Crippen molar-refractivity contribution in [2.24, 2.45) is 5.92 Å². The van der Waals surface area contributed by atoms with Crippen molar-refractivity contribution in [3.63, 3.8) is 0 Å². The van der Waals surface area contributed by atoms with Crippen LogP contribution in [0.4, 0.5) is 4.79 Å². The molecule has 5 heteroatoms. The van der Waals surface area contributed by atoms with E-state index in [4.69, 9.17) is 9.47 Å². The molecule has 0 radical (unpaired) electrons. The highest BCUT2D eigenvalue weighted by molar-refractivity contribution is 5.89. The van der Waals surface area contributed by atoms with Gasteiger partial charge in [-0.3, -0.25) is 0 Å². The minimum Gasteiger partial charge on any atom is -0.424 e. The van der Waals surface area contributed by atoms with Crippen molar-refractivity contribution >= 4 is 12.1 Å². The largest absolute Gasteiger partial charge is 0.424 e. The van der Waals surface area contributed by atoms with Crippen LogP contribution in [0.5, 0.6) is 0 Å². The summed E-state index contributed by atoms with van der Waals surface area (Å²) in [5.41, 5.74) is 0.434. The third kappa shape index (κ3) is 5.45. The number of rotatable bonds is 5. The van der Waals surface area contributed by atoms with Crippen molar-refractivity contribution in [2.45, 2.75) is 32.1 Å². The van der Waals surface area contributed by atoms with Crippen LogP contribution >= 0.6 is 0 Å². The predicted molar refractivity (Wildman–Crippen MR) is 77.8 cm³/mol. The molecule has 1 saturated carbocycles. The molecule has 0 atom stereocenters. The molecule has 5 nitrogen and oxygen atoms in total. The number of carbonyl (C=O) groups excluding carboxylic acids is 2. The second kappa shape index (κ2) is 8.29. The summed E-state index contributed by atoms with van der Waals surface area (Å²) < 4.78 is 9.70. The Kier molecular flexibility index (Phi) is 6.06. The molecule has 1 N–H and O–H groups in total. The first-order valence-electron chi connectivity index (χ1n) is 7.38. The molecule has 0 bridgehead atoms. The molecule has 1 amide bonds. The fraction of sp³-hybridized carbons (Fsp3) is 0.500. The van der Waals surface area contributed by atoms with Crippen LogP contribution in [-0.4, -0.2) is 25.4 Å².